The molecule has 0 radical (unpaired) electrons. The van der Waals surface area contributed by atoms with E-state index in [1.54, 1.807) is 28.9 Å². The normalized spacial score (nSPS) is 21.7. The first kappa shape index (κ1) is 21.4. The Balaban J connectivity index is 1.46. The zero-order valence-electron chi connectivity index (χ0n) is 17.8. The summed E-state index contributed by atoms with van der Waals surface area (Å²) >= 11 is 0. The van der Waals surface area contributed by atoms with Gasteiger partial charge in [-0.25, -0.2) is 14.5 Å². The summed E-state index contributed by atoms with van der Waals surface area (Å²) in [6, 6.07) is 5.19. The van der Waals surface area contributed by atoms with E-state index in [0.29, 0.717) is 41.1 Å². The molecule has 0 aliphatic heterocycles. The van der Waals surface area contributed by atoms with Gasteiger partial charge in [0.05, 0.1) is 17.6 Å². The van der Waals surface area contributed by atoms with Crippen molar-refractivity contribution in [1.82, 2.24) is 29.1 Å². The third kappa shape index (κ3) is 4.30. The van der Waals surface area contributed by atoms with Crippen LogP contribution >= 0.6 is 0 Å². The van der Waals surface area contributed by atoms with Crippen LogP contribution in [-0.2, 0) is 6.54 Å². The molecule has 33 heavy (non-hydrogen) atoms. The molecule has 4 heterocycles. The topological polar surface area (TPSA) is 119 Å². The molecule has 4 N–H and O–H groups in total. The Hall–Kier alpha value is -3.41. The lowest BCUT2D eigenvalue weighted by Gasteiger charge is -2.33. The molecule has 1 saturated carbocycles. The van der Waals surface area contributed by atoms with Gasteiger partial charge in [-0.05, 0) is 50.8 Å². The zero-order valence-corrected chi connectivity index (χ0v) is 17.8. The van der Waals surface area contributed by atoms with E-state index < -0.39 is 18.3 Å². The predicted molar refractivity (Wildman–Crippen MR) is 116 cm³/mol. The van der Waals surface area contributed by atoms with Gasteiger partial charge in [0, 0.05) is 17.8 Å². The first-order chi connectivity index (χ1) is 15.6. The van der Waals surface area contributed by atoms with Crippen LogP contribution in [0.3, 0.4) is 0 Å². The van der Waals surface area contributed by atoms with Crippen LogP contribution in [0.1, 0.15) is 32.6 Å². The molecule has 0 unspecified atom stereocenters. The first-order valence-corrected chi connectivity index (χ1v) is 10.6. The van der Waals surface area contributed by atoms with Crippen molar-refractivity contribution in [3.05, 3.63) is 30.7 Å². The molecule has 0 atom stereocenters. The number of pyridine rings is 1. The molecule has 1 aliphatic carbocycles. The number of nitrogens with one attached hydrogen (secondary N) is 1. The van der Waals surface area contributed by atoms with Gasteiger partial charge in [-0.15, -0.1) is 5.10 Å². The number of rotatable bonds is 4. The minimum atomic E-state index is -4.38. The Morgan fingerprint density at radius 3 is 2.70 bits per heavy atom. The number of nitrogen functional groups attached to an aromatic ring is 1. The third-order valence-corrected chi connectivity index (χ3v) is 6.02. The van der Waals surface area contributed by atoms with Crippen LogP contribution in [0, 0.1) is 0 Å². The van der Waals surface area contributed by atoms with Gasteiger partial charge in [0.25, 0.3) is 0 Å². The minimum absolute atomic E-state index is 0.134. The van der Waals surface area contributed by atoms with Crippen molar-refractivity contribution in [2.75, 3.05) is 11.1 Å². The van der Waals surface area contributed by atoms with E-state index in [2.05, 4.69) is 25.4 Å². The summed E-state index contributed by atoms with van der Waals surface area (Å²) < 4.78 is 41.2. The second-order valence-corrected chi connectivity index (χ2v) is 8.79. The molecule has 1 aliphatic rings. The number of nitrogens with two attached hydrogens (primary N) is 1. The van der Waals surface area contributed by atoms with Crippen LogP contribution in [0.2, 0.25) is 0 Å². The van der Waals surface area contributed by atoms with Crippen molar-refractivity contribution >= 4 is 28.4 Å². The molecule has 12 heteroatoms. The van der Waals surface area contributed by atoms with Crippen LogP contribution in [-0.4, -0.2) is 52.1 Å². The Kier molecular flexibility index (Phi) is 4.92. The molecule has 1 fully saturated rings. The van der Waals surface area contributed by atoms with Crippen molar-refractivity contribution in [3.63, 3.8) is 0 Å². The fourth-order valence-corrected chi connectivity index (χ4v) is 4.29. The summed E-state index contributed by atoms with van der Waals surface area (Å²) in [4.78, 5) is 12.8. The average molecular weight is 460 g/mol. The van der Waals surface area contributed by atoms with Crippen molar-refractivity contribution in [3.8, 4) is 11.3 Å². The maximum absolute atomic E-state index is 12.9. The number of hydrogen-bond donors (Lipinski definition) is 3. The number of aliphatic hydroxyl groups is 1. The monoisotopic (exact) mass is 460 g/mol. The first-order valence-electron chi connectivity index (χ1n) is 10.6. The molecule has 0 bridgehead atoms. The Morgan fingerprint density at radius 2 is 1.97 bits per heavy atom. The largest absolute Gasteiger partial charge is 0.406 e. The molecule has 0 amide bonds. The average Bonchev–Trinajstić information content (AvgIpc) is 3.33. The molecular weight excluding hydrogens is 437 g/mol. The highest BCUT2D eigenvalue weighted by atomic mass is 19.4. The summed E-state index contributed by atoms with van der Waals surface area (Å²) in [5, 5.41) is 17.9. The highest BCUT2D eigenvalue weighted by Crippen LogP contribution is 2.31. The number of halogens is 3. The SMILES string of the molecule is CC1(O)CCC(Nc2nc(N)c3c(-c4ccc5ncn(CC(F)(F)F)c5n4)ccn3n2)CC1. The van der Waals surface area contributed by atoms with Crippen molar-refractivity contribution in [2.24, 2.45) is 0 Å². The van der Waals surface area contributed by atoms with Crippen LogP contribution in [0.4, 0.5) is 24.9 Å². The molecule has 4 aromatic heterocycles. The van der Waals surface area contributed by atoms with Crippen LogP contribution in [0.15, 0.2) is 30.7 Å². The summed E-state index contributed by atoms with van der Waals surface area (Å²) in [6.45, 7) is 0.667. The van der Waals surface area contributed by atoms with Gasteiger partial charge in [-0.1, -0.05) is 0 Å². The van der Waals surface area contributed by atoms with E-state index in [1.807, 2.05) is 6.92 Å². The van der Waals surface area contributed by atoms with Crippen LogP contribution < -0.4 is 11.1 Å². The number of alkyl halides is 3. The molecule has 4 aromatic rings. The second-order valence-electron chi connectivity index (χ2n) is 8.79. The minimum Gasteiger partial charge on any atom is -0.390 e. The standard InChI is InChI=1S/C21H23F3N8O/c1-20(33)7-4-12(5-8-20)27-19-29-17(25)16-13(6-9-32(16)30-19)14-2-3-15-18(28-14)31(11-26-15)10-21(22,23)24/h2-3,6,9,11-12,33H,4-5,7-8,10H2,1H3,(H3,25,27,29,30). The number of aromatic nitrogens is 6. The van der Waals surface area contributed by atoms with Gasteiger partial charge in [0.1, 0.15) is 17.6 Å². The smallest absolute Gasteiger partial charge is 0.390 e. The summed E-state index contributed by atoms with van der Waals surface area (Å²) in [5.74, 6) is 0.598. The molecule has 9 nitrogen and oxygen atoms in total. The maximum atomic E-state index is 12.9. The van der Waals surface area contributed by atoms with E-state index in [4.69, 9.17) is 5.73 Å². The van der Waals surface area contributed by atoms with Crippen molar-refractivity contribution in [1.29, 1.82) is 0 Å². The predicted octanol–water partition coefficient (Wildman–Crippen LogP) is 3.39. The molecule has 0 aromatic carbocycles. The van der Waals surface area contributed by atoms with Gasteiger partial charge in [-0.2, -0.15) is 18.2 Å². The van der Waals surface area contributed by atoms with Gasteiger partial charge in [0.2, 0.25) is 5.95 Å². The van der Waals surface area contributed by atoms with E-state index in [-0.39, 0.29) is 17.5 Å². The van der Waals surface area contributed by atoms with Crippen LogP contribution in [0.25, 0.3) is 27.9 Å². The number of fused-ring (bicyclic) bond motifs is 2. The van der Waals surface area contributed by atoms with E-state index in [9.17, 15) is 18.3 Å². The van der Waals surface area contributed by atoms with Gasteiger partial charge in [-0.3, -0.25) is 0 Å². The highest BCUT2D eigenvalue weighted by molar-refractivity contribution is 5.88. The third-order valence-electron chi connectivity index (χ3n) is 6.02. The lowest BCUT2D eigenvalue weighted by atomic mass is 9.84. The number of nitrogens with zero attached hydrogens (tertiary/aromatic N) is 6. The van der Waals surface area contributed by atoms with Crippen LogP contribution in [0.5, 0.6) is 0 Å². The molecule has 174 valence electrons. The number of imidazole rings is 1. The van der Waals surface area contributed by atoms with E-state index >= 15 is 0 Å². The van der Waals surface area contributed by atoms with Gasteiger partial charge >= 0.3 is 6.18 Å². The fourth-order valence-electron chi connectivity index (χ4n) is 4.29. The van der Waals surface area contributed by atoms with E-state index in [1.165, 1.54) is 0 Å². The van der Waals surface area contributed by atoms with Crippen molar-refractivity contribution < 1.29 is 18.3 Å². The summed E-state index contributed by atoms with van der Waals surface area (Å²) in [6.07, 6.45) is 1.42. The fraction of sp³-hybridized carbons (Fsp3) is 0.429. The molecule has 0 saturated heterocycles. The lowest BCUT2D eigenvalue weighted by molar-refractivity contribution is -0.140. The highest BCUT2D eigenvalue weighted by Gasteiger charge is 2.30. The molecule has 0 spiro atoms. The number of anilines is 2. The summed E-state index contributed by atoms with van der Waals surface area (Å²) in [5.41, 5.74) is 7.68. The molecular formula is C21H23F3N8O. The zero-order chi connectivity index (χ0) is 23.4. The van der Waals surface area contributed by atoms with Crippen molar-refractivity contribution in [2.45, 2.75) is 57.0 Å². The Morgan fingerprint density at radius 1 is 1.21 bits per heavy atom. The quantitative estimate of drug-likeness (QED) is 0.427. The Labute approximate surface area is 186 Å². The lowest BCUT2D eigenvalue weighted by Crippen LogP contribution is -2.36. The van der Waals surface area contributed by atoms with Gasteiger partial charge < -0.3 is 20.7 Å². The van der Waals surface area contributed by atoms with E-state index in [0.717, 1.165) is 23.7 Å². The second kappa shape index (κ2) is 7.58. The number of hydrogen-bond acceptors (Lipinski definition) is 7. The summed E-state index contributed by atoms with van der Waals surface area (Å²) in [7, 11) is 0. The molecule has 5 rings (SSSR count). The maximum Gasteiger partial charge on any atom is 0.406 e. The Bertz CT molecular complexity index is 1320. The van der Waals surface area contributed by atoms with Gasteiger partial charge in [0.15, 0.2) is 11.5 Å².